The molecule has 3 aromatic rings. The van der Waals surface area contributed by atoms with Crippen LogP contribution in [0.15, 0.2) is 51.5 Å². The monoisotopic (exact) mass is 442 g/mol. The molecule has 2 heterocycles. The van der Waals surface area contributed by atoms with E-state index in [1.807, 2.05) is 42.6 Å². The number of thiazole rings is 1. The van der Waals surface area contributed by atoms with Crippen LogP contribution in [0.1, 0.15) is 36.4 Å². The molecule has 0 bridgehead atoms. The summed E-state index contributed by atoms with van der Waals surface area (Å²) in [6.07, 6.45) is 3.30. The fourth-order valence-corrected chi connectivity index (χ4v) is 4.01. The molecule has 2 aromatic heterocycles. The molecule has 1 unspecified atom stereocenters. The van der Waals surface area contributed by atoms with Gasteiger partial charge in [0.1, 0.15) is 22.6 Å². The zero-order chi connectivity index (χ0) is 22.4. The number of amides is 1. The van der Waals surface area contributed by atoms with Crippen LogP contribution < -0.4 is 27.2 Å². The van der Waals surface area contributed by atoms with Crippen LogP contribution in [0.3, 0.4) is 0 Å². The van der Waals surface area contributed by atoms with E-state index in [0.717, 1.165) is 23.4 Å². The highest BCUT2D eigenvalue weighted by Gasteiger charge is 2.22. The number of anilines is 2. The number of benzene rings is 1. The number of carbonyl (C=O) groups excluding carboxylic acids is 1. The minimum atomic E-state index is -0.620. The highest BCUT2D eigenvalue weighted by atomic mass is 32.1. The second kappa shape index (κ2) is 10.1. The molecule has 0 saturated heterocycles. The van der Waals surface area contributed by atoms with Crippen LogP contribution in [-0.2, 0) is 11.3 Å². The number of hydrogen-bond donors (Lipinski definition) is 3. The molecule has 31 heavy (non-hydrogen) atoms. The van der Waals surface area contributed by atoms with Crippen molar-refractivity contribution < 1.29 is 4.79 Å². The molecule has 0 spiro atoms. The molecule has 4 N–H and O–H groups in total. The Labute approximate surface area is 183 Å². The number of nitrogens with two attached hydrogens (primary N) is 1. The summed E-state index contributed by atoms with van der Waals surface area (Å²) in [7, 11) is 1.59. The zero-order valence-electron chi connectivity index (χ0n) is 17.5. The average Bonchev–Trinajstić information content (AvgIpc) is 3.27. The highest BCUT2D eigenvalue weighted by molar-refractivity contribution is 7.09. The van der Waals surface area contributed by atoms with E-state index in [4.69, 9.17) is 5.73 Å². The third-order valence-corrected chi connectivity index (χ3v) is 5.69. The Morgan fingerprint density at radius 1 is 1.32 bits per heavy atom. The van der Waals surface area contributed by atoms with E-state index in [9.17, 15) is 14.4 Å². The number of H-pyrrole nitrogens is 1. The lowest BCUT2D eigenvalue weighted by atomic mass is 10.1. The van der Waals surface area contributed by atoms with Crippen molar-refractivity contribution in [2.45, 2.75) is 32.4 Å². The van der Waals surface area contributed by atoms with Crippen LogP contribution in [0.2, 0.25) is 0 Å². The van der Waals surface area contributed by atoms with Crippen molar-refractivity contribution in [2.24, 2.45) is 0 Å². The number of unbranched alkanes of at least 4 members (excludes halogenated alkanes) is 1. The van der Waals surface area contributed by atoms with Gasteiger partial charge in [0.25, 0.3) is 5.56 Å². The van der Waals surface area contributed by atoms with Gasteiger partial charge in [0.2, 0.25) is 5.91 Å². The first-order chi connectivity index (χ1) is 14.9. The molecule has 0 fully saturated rings. The molecule has 0 aliphatic rings. The van der Waals surface area contributed by atoms with E-state index in [1.165, 1.54) is 20.8 Å². The maximum atomic E-state index is 12.9. The predicted octanol–water partition coefficient (Wildman–Crippen LogP) is 1.72. The Balaban J connectivity index is 1.81. The normalized spacial score (nSPS) is 11.8. The minimum Gasteiger partial charge on any atom is -0.383 e. The van der Waals surface area contributed by atoms with Crippen LogP contribution in [0.4, 0.5) is 11.5 Å². The third kappa shape index (κ3) is 5.21. The quantitative estimate of drug-likeness (QED) is 0.463. The number of nitrogens with zero attached hydrogens (tertiary/aromatic N) is 3. The molecule has 9 nitrogen and oxygen atoms in total. The van der Waals surface area contributed by atoms with Gasteiger partial charge >= 0.3 is 5.69 Å². The number of nitrogen functional groups attached to an aromatic ring is 1. The fourth-order valence-electron chi connectivity index (χ4n) is 3.30. The van der Waals surface area contributed by atoms with Crippen molar-refractivity contribution >= 4 is 28.7 Å². The number of rotatable bonds is 9. The van der Waals surface area contributed by atoms with Gasteiger partial charge in [-0.2, -0.15) is 0 Å². The van der Waals surface area contributed by atoms with Gasteiger partial charge in [-0.1, -0.05) is 43.7 Å². The molecule has 10 heteroatoms. The summed E-state index contributed by atoms with van der Waals surface area (Å²) in [5.74, 6) is -0.256. The average molecular weight is 443 g/mol. The van der Waals surface area contributed by atoms with Crippen molar-refractivity contribution in [3.8, 4) is 0 Å². The van der Waals surface area contributed by atoms with Crippen LogP contribution in [0.25, 0.3) is 0 Å². The number of aromatic nitrogens is 3. The molecule has 0 saturated carbocycles. The molecule has 0 aliphatic heterocycles. The fraction of sp³-hybridized carbons (Fsp3) is 0.333. The first-order valence-corrected chi connectivity index (χ1v) is 10.9. The SMILES string of the molecule is CCCCn1c(N)c(N(C)CC(=O)NC(c2ccccc2)c2nccs2)c(=O)[nH]c1=O. The van der Waals surface area contributed by atoms with Gasteiger partial charge in [0.05, 0.1) is 6.54 Å². The number of nitrogens with one attached hydrogen (secondary N) is 2. The first kappa shape index (κ1) is 22.3. The van der Waals surface area contributed by atoms with Crippen LogP contribution >= 0.6 is 11.3 Å². The highest BCUT2D eigenvalue weighted by Crippen LogP contribution is 2.24. The van der Waals surface area contributed by atoms with E-state index in [-0.39, 0.29) is 24.0 Å². The molecule has 1 atom stereocenters. The summed E-state index contributed by atoms with van der Waals surface area (Å²) >= 11 is 1.45. The van der Waals surface area contributed by atoms with E-state index >= 15 is 0 Å². The van der Waals surface area contributed by atoms with Crippen LogP contribution in [-0.4, -0.2) is 34.0 Å². The second-order valence-corrected chi connectivity index (χ2v) is 8.06. The van der Waals surface area contributed by atoms with Crippen LogP contribution in [0.5, 0.6) is 0 Å². The third-order valence-electron chi connectivity index (χ3n) is 4.85. The van der Waals surface area contributed by atoms with Gasteiger partial charge in [-0.05, 0) is 12.0 Å². The molecule has 3 rings (SSSR count). The topological polar surface area (TPSA) is 126 Å². The first-order valence-electron chi connectivity index (χ1n) is 9.99. The summed E-state index contributed by atoms with van der Waals surface area (Å²) in [6, 6.07) is 9.13. The lowest BCUT2D eigenvalue weighted by Gasteiger charge is -2.23. The van der Waals surface area contributed by atoms with Gasteiger partial charge in [0.15, 0.2) is 0 Å². The van der Waals surface area contributed by atoms with Crippen molar-refractivity contribution in [3.63, 3.8) is 0 Å². The number of carbonyl (C=O) groups is 1. The van der Waals surface area contributed by atoms with E-state index in [2.05, 4.69) is 15.3 Å². The molecule has 1 aromatic carbocycles. The summed E-state index contributed by atoms with van der Waals surface area (Å²) in [4.78, 5) is 45.5. The van der Waals surface area contributed by atoms with E-state index in [1.54, 1.807) is 13.2 Å². The lowest BCUT2D eigenvalue weighted by Crippen LogP contribution is -2.42. The Hall–Kier alpha value is -3.40. The minimum absolute atomic E-state index is 0.0528. The van der Waals surface area contributed by atoms with Crippen molar-refractivity contribution in [1.82, 2.24) is 19.9 Å². The summed E-state index contributed by atoms with van der Waals surface area (Å²) < 4.78 is 1.33. The number of likely N-dealkylation sites (N-methyl/N-ethyl adjacent to an activating group) is 1. The number of hydrogen-bond acceptors (Lipinski definition) is 7. The molecule has 1 amide bonds. The standard InChI is InChI=1S/C21H26N6O3S/c1-3-4-11-27-18(22)17(19(29)25-21(27)30)26(2)13-15(28)24-16(20-23-10-12-31-20)14-8-6-5-7-9-14/h5-10,12,16H,3-4,11,13,22H2,1-2H3,(H,24,28)(H,25,29,30). The maximum Gasteiger partial charge on any atom is 0.330 e. The van der Waals surface area contributed by atoms with Gasteiger partial charge in [-0.3, -0.25) is 19.1 Å². The Morgan fingerprint density at radius 2 is 2.06 bits per heavy atom. The summed E-state index contributed by atoms with van der Waals surface area (Å²) in [6.45, 7) is 2.27. The maximum absolute atomic E-state index is 12.9. The molecule has 164 valence electrons. The van der Waals surface area contributed by atoms with Gasteiger partial charge in [-0.15, -0.1) is 11.3 Å². The molecule has 0 aliphatic carbocycles. The Morgan fingerprint density at radius 3 is 2.71 bits per heavy atom. The Bertz CT molecular complexity index is 1120. The van der Waals surface area contributed by atoms with Gasteiger partial charge in [-0.25, -0.2) is 9.78 Å². The predicted molar refractivity (Wildman–Crippen MR) is 122 cm³/mol. The molecule has 0 radical (unpaired) electrons. The van der Waals surface area contributed by atoms with E-state index < -0.39 is 17.3 Å². The lowest BCUT2D eigenvalue weighted by molar-refractivity contribution is -0.120. The van der Waals surface area contributed by atoms with E-state index in [0.29, 0.717) is 6.54 Å². The number of aromatic amines is 1. The zero-order valence-corrected chi connectivity index (χ0v) is 18.3. The van der Waals surface area contributed by atoms with Crippen molar-refractivity contribution in [1.29, 1.82) is 0 Å². The van der Waals surface area contributed by atoms with Crippen molar-refractivity contribution in [2.75, 3.05) is 24.2 Å². The molecular weight excluding hydrogens is 416 g/mol. The smallest absolute Gasteiger partial charge is 0.330 e. The second-order valence-electron chi connectivity index (χ2n) is 7.14. The summed E-state index contributed by atoms with van der Waals surface area (Å²) in [5.41, 5.74) is 5.96. The Kier molecular flexibility index (Phi) is 7.24. The van der Waals surface area contributed by atoms with Crippen LogP contribution in [0, 0.1) is 0 Å². The van der Waals surface area contributed by atoms with Gasteiger partial charge < -0.3 is 16.0 Å². The van der Waals surface area contributed by atoms with Crippen molar-refractivity contribution in [3.05, 3.63) is 73.3 Å². The summed E-state index contributed by atoms with van der Waals surface area (Å²) in [5, 5.41) is 5.59. The molecular formula is C21H26N6O3S. The largest absolute Gasteiger partial charge is 0.383 e. The van der Waals surface area contributed by atoms with Gasteiger partial charge in [0, 0.05) is 25.2 Å².